The van der Waals surface area contributed by atoms with E-state index in [9.17, 15) is 18.4 Å². The molecule has 6 heterocycles. The molecule has 8 aromatic rings. The van der Waals surface area contributed by atoms with Crippen molar-refractivity contribution < 1.29 is 37.5 Å². The number of rotatable bonds is 8. The van der Waals surface area contributed by atoms with Crippen LogP contribution in [0.1, 0.15) is 31.1 Å². The van der Waals surface area contributed by atoms with Crippen LogP contribution in [0.3, 0.4) is 0 Å². The highest BCUT2D eigenvalue weighted by Crippen LogP contribution is 2.31. The molecule has 0 bridgehead atoms. The molecule has 296 valence electrons. The predicted octanol–water partition coefficient (Wildman–Crippen LogP) is 6.26. The highest BCUT2D eigenvalue weighted by atomic mass is 79.9. The van der Waals surface area contributed by atoms with Crippen LogP contribution >= 0.6 is 38.6 Å². The standard InChI is InChI=1S/C18H14FN5O2S.C11H7BrFNOS.C7H9BN4O3/c1-10-20-17(23-26-10)13-9-14(24(2)22-13)15-7-8-16(27-15)18(25)21-12-6-4-3-5-11(12)19;12-10-6-5-9(16-10)11(15)14-8-4-2-1-3-7(8)13;1-4-9-7(11-15-4)5-3-6(8(13)14)12(2)10-5/h3-9H,1-2H3,(H,21,25);1-6H,(H,14,15);3,13-14H,1-2H3. The normalized spacial score (nSPS) is 10.6. The number of aryl methyl sites for hydroxylation is 4. The lowest BCUT2D eigenvalue weighted by atomic mass is 9.86. The van der Waals surface area contributed by atoms with E-state index in [2.05, 4.69) is 57.0 Å². The zero-order chi connectivity index (χ0) is 41.5. The van der Waals surface area contributed by atoms with Gasteiger partial charge in [0, 0.05) is 27.9 Å². The number of benzene rings is 2. The summed E-state index contributed by atoms with van der Waals surface area (Å²) in [6, 6.07) is 22.4. The minimum absolute atomic E-state index is 0.146. The van der Waals surface area contributed by atoms with E-state index in [4.69, 9.17) is 19.1 Å². The van der Waals surface area contributed by atoms with Crippen LogP contribution in [0.2, 0.25) is 0 Å². The first-order chi connectivity index (χ1) is 27.7. The maximum absolute atomic E-state index is 13.7. The first-order valence-electron chi connectivity index (χ1n) is 16.8. The smallest absolute Gasteiger partial charge is 0.422 e. The molecule has 0 aliphatic carbocycles. The van der Waals surface area contributed by atoms with Crippen molar-refractivity contribution >= 4 is 74.5 Å². The summed E-state index contributed by atoms with van der Waals surface area (Å²) in [5.41, 5.74) is 2.44. The summed E-state index contributed by atoms with van der Waals surface area (Å²) < 4.78 is 40.6. The number of carbonyl (C=O) groups is 2. The Balaban J connectivity index is 0.000000157. The lowest BCUT2D eigenvalue weighted by molar-refractivity contribution is 0.102. The molecule has 0 radical (unpaired) electrons. The van der Waals surface area contributed by atoms with Crippen LogP contribution in [0.15, 0.2) is 97.8 Å². The monoisotopic (exact) mass is 890 g/mol. The van der Waals surface area contributed by atoms with Crippen molar-refractivity contribution in [3.05, 3.63) is 122 Å². The quantitative estimate of drug-likeness (QED) is 0.125. The van der Waals surface area contributed by atoms with Crippen LogP contribution in [0.5, 0.6) is 0 Å². The highest BCUT2D eigenvalue weighted by Gasteiger charge is 2.21. The molecule has 16 nitrogen and oxygen atoms in total. The lowest BCUT2D eigenvalue weighted by Gasteiger charge is -2.04. The molecule has 0 atom stereocenters. The van der Waals surface area contributed by atoms with E-state index in [0.29, 0.717) is 44.6 Å². The van der Waals surface area contributed by atoms with Crippen molar-refractivity contribution in [2.24, 2.45) is 14.1 Å². The highest BCUT2D eigenvalue weighted by molar-refractivity contribution is 9.11. The Morgan fingerprint density at radius 3 is 1.69 bits per heavy atom. The van der Waals surface area contributed by atoms with Crippen molar-refractivity contribution in [3.8, 4) is 33.6 Å². The van der Waals surface area contributed by atoms with Crippen LogP contribution in [0, 0.1) is 25.5 Å². The number of carbonyl (C=O) groups excluding carboxylic acids is 2. The molecule has 4 N–H and O–H groups in total. The number of thiophene rings is 2. The van der Waals surface area contributed by atoms with E-state index in [-0.39, 0.29) is 28.8 Å². The minimum Gasteiger partial charge on any atom is -0.422 e. The number of nitrogens with zero attached hydrogens (tertiary/aromatic N) is 8. The van der Waals surface area contributed by atoms with Crippen LogP contribution in [0.25, 0.3) is 33.6 Å². The molecule has 2 aromatic carbocycles. The molecule has 8 rings (SSSR count). The molecule has 0 fully saturated rings. The fourth-order valence-electron chi connectivity index (χ4n) is 4.97. The van der Waals surface area contributed by atoms with Gasteiger partial charge < -0.3 is 29.7 Å². The van der Waals surface area contributed by atoms with E-state index in [0.717, 1.165) is 14.4 Å². The SMILES string of the molecule is Cc1nc(-c2cc(-c3ccc(C(=O)Nc4ccccc4F)s3)n(C)n2)no1.Cc1nc(-c2cc(B(O)O)n(C)n2)no1.O=C(Nc1ccccc1F)c1ccc(Br)s1. The van der Waals surface area contributed by atoms with Gasteiger partial charge in [0.1, 0.15) is 23.0 Å². The van der Waals surface area contributed by atoms with Gasteiger partial charge >= 0.3 is 7.12 Å². The molecule has 0 spiro atoms. The predicted molar refractivity (Wildman–Crippen MR) is 216 cm³/mol. The van der Waals surface area contributed by atoms with Crippen LogP contribution in [-0.2, 0) is 14.1 Å². The molecule has 6 aromatic heterocycles. The Morgan fingerprint density at radius 2 is 1.22 bits per heavy atom. The molecule has 22 heteroatoms. The summed E-state index contributed by atoms with van der Waals surface area (Å²) in [5, 5.41) is 39.1. The van der Waals surface area contributed by atoms with Crippen molar-refractivity contribution in [1.82, 2.24) is 39.8 Å². The third-order valence-corrected chi connectivity index (χ3v) is 10.4. The molecule has 58 heavy (non-hydrogen) atoms. The fraction of sp³-hybridized carbons (Fsp3) is 0.111. The molecule has 2 amide bonds. The fourth-order valence-corrected chi connectivity index (χ4v) is 7.20. The van der Waals surface area contributed by atoms with Gasteiger partial charge in [-0.25, -0.2) is 8.78 Å². The number of hydrogen-bond donors (Lipinski definition) is 4. The number of halogens is 3. The van der Waals surface area contributed by atoms with Gasteiger partial charge in [0.25, 0.3) is 11.8 Å². The Kier molecular flexibility index (Phi) is 13.1. The van der Waals surface area contributed by atoms with E-state index >= 15 is 0 Å². The number of aromatic nitrogens is 8. The summed E-state index contributed by atoms with van der Waals surface area (Å²) in [6.07, 6.45) is 0. The Labute approximate surface area is 344 Å². The summed E-state index contributed by atoms with van der Waals surface area (Å²) in [5.74, 6) is 0.0368. The van der Waals surface area contributed by atoms with Gasteiger partial charge in [0.05, 0.1) is 41.1 Å². The molecule has 0 aliphatic rings. The lowest BCUT2D eigenvalue weighted by Crippen LogP contribution is -2.35. The Morgan fingerprint density at radius 1 is 0.724 bits per heavy atom. The summed E-state index contributed by atoms with van der Waals surface area (Å²) in [6.45, 7) is 3.38. The molecular formula is C36H30BBrF2N10O6S2. The Bertz CT molecular complexity index is 2690. The molecular weight excluding hydrogens is 861 g/mol. The van der Waals surface area contributed by atoms with Crippen LogP contribution in [0.4, 0.5) is 20.2 Å². The number of hydrogen-bond acceptors (Lipinski definition) is 14. The molecule has 0 unspecified atom stereocenters. The third kappa shape index (κ3) is 10.2. The molecule has 0 aliphatic heterocycles. The van der Waals surface area contributed by atoms with E-state index in [1.54, 1.807) is 75.1 Å². The number of para-hydroxylation sites is 2. The third-order valence-electron chi connectivity index (χ3n) is 7.70. The van der Waals surface area contributed by atoms with Crippen molar-refractivity contribution in [3.63, 3.8) is 0 Å². The largest absolute Gasteiger partial charge is 0.507 e. The van der Waals surface area contributed by atoms with E-state index in [1.165, 1.54) is 57.7 Å². The van der Waals surface area contributed by atoms with Gasteiger partial charge in [-0.2, -0.15) is 20.2 Å². The van der Waals surface area contributed by atoms with Gasteiger partial charge in [-0.15, -0.1) is 22.7 Å². The summed E-state index contributed by atoms with van der Waals surface area (Å²) in [4.78, 5) is 34.1. The van der Waals surface area contributed by atoms with E-state index < -0.39 is 18.8 Å². The van der Waals surface area contributed by atoms with Crippen molar-refractivity contribution in [2.75, 3.05) is 10.6 Å². The zero-order valence-corrected chi connectivity index (χ0v) is 33.9. The maximum Gasteiger partial charge on any atom is 0.507 e. The molecule has 0 saturated heterocycles. The number of nitrogens with one attached hydrogen (secondary N) is 2. The summed E-state index contributed by atoms with van der Waals surface area (Å²) >= 11 is 5.86. The van der Waals surface area contributed by atoms with Gasteiger partial charge in [-0.3, -0.25) is 19.0 Å². The second-order valence-corrected chi connectivity index (χ2v) is 15.4. The second-order valence-electron chi connectivity index (χ2n) is 11.9. The molecule has 0 saturated carbocycles. The topological polar surface area (TPSA) is 212 Å². The average molecular weight is 892 g/mol. The van der Waals surface area contributed by atoms with Crippen LogP contribution in [-0.4, -0.2) is 68.8 Å². The van der Waals surface area contributed by atoms with Gasteiger partial charge in [-0.1, -0.05) is 34.6 Å². The Hall–Kier alpha value is -6.20. The summed E-state index contributed by atoms with van der Waals surface area (Å²) in [7, 11) is 1.83. The zero-order valence-electron chi connectivity index (χ0n) is 30.7. The minimum atomic E-state index is -1.57. The van der Waals surface area contributed by atoms with Crippen LogP contribution < -0.4 is 16.2 Å². The van der Waals surface area contributed by atoms with Gasteiger partial charge in [-0.05, 0) is 76.6 Å². The first-order valence-corrected chi connectivity index (χ1v) is 19.2. The maximum atomic E-state index is 13.7. The van der Waals surface area contributed by atoms with Gasteiger partial charge in [0.15, 0.2) is 0 Å². The van der Waals surface area contributed by atoms with Gasteiger partial charge in [0.2, 0.25) is 23.4 Å². The van der Waals surface area contributed by atoms with E-state index in [1.807, 2.05) is 12.1 Å². The van der Waals surface area contributed by atoms with Crippen molar-refractivity contribution in [1.29, 1.82) is 0 Å². The van der Waals surface area contributed by atoms with Crippen molar-refractivity contribution in [2.45, 2.75) is 13.8 Å². The second kappa shape index (κ2) is 18.4. The number of anilines is 2. The average Bonchev–Trinajstić information content (AvgIpc) is 4.05. The first kappa shape index (κ1) is 41.4. The number of amides is 2.